The van der Waals surface area contributed by atoms with Crippen molar-refractivity contribution < 1.29 is 4.79 Å². The molecular formula is C11H18O. The molecule has 0 unspecified atom stereocenters. The molecule has 0 atom stereocenters. The first-order valence-electron chi connectivity index (χ1n) is 4.94. The van der Waals surface area contributed by atoms with Crippen LogP contribution in [0.25, 0.3) is 0 Å². The van der Waals surface area contributed by atoms with Gasteiger partial charge in [0.2, 0.25) is 0 Å². The first-order chi connectivity index (χ1) is 5.83. The van der Waals surface area contributed by atoms with Crippen LogP contribution in [-0.2, 0) is 4.79 Å². The van der Waals surface area contributed by atoms with Crippen molar-refractivity contribution in [1.29, 1.82) is 0 Å². The Labute approximate surface area is 74.9 Å². The first kappa shape index (κ1) is 9.50. The zero-order valence-corrected chi connectivity index (χ0v) is 7.88. The average molecular weight is 166 g/mol. The highest BCUT2D eigenvalue weighted by Crippen LogP contribution is 2.27. The van der Waals surface area contributed by atoms with Crippen LogP contribution in [0.15, 0.2) is 11.6 Å². The number of allylic oxidation sites excluding steroid dienone is 2. The molecule has 0 radical (unpaired) electrons. The van der Waals surface area contributed by atoms with Gasteiger partial charge in [-0.25, -0.2) is 0 Å². The summed E-state index contributed by atoms with van der Waals surface area (Å²) in [6, 6.07) is 0. The van der Waals surface area contributed by atoms with E-state index in [1.165, 1.54) is 31.3 Å². The molecule has 68 valence electrons. The van der Waals surface area contributed by atoms with Gasteiger partial charge < -0.3 is 4.79 Å². The average Bonchev–Trinajstić information content (AvgIpc) is 2.53. The van der Waals surface area contributed by atoms with Gasteiger partial charge in [-0.3, -0.25) is 0 Å². The summed E-state index contributed by atoms with van der Waals surface area (Å²) in [6.45, 7) is 2.14. The van der Waals surface area contributed by atoms with Crippen molar-refractivity contribution >= 4 is 6.29 Å². The molecule has 0 spiro atoms. The smallest absolute Gasteiger partial charge is 0.120 e. The summed E-state index contributed by atoms with van der Waals surface area (Å²) >= 11 is 0. The van der Waals surface area contributed by atoms with Crippen molar-refractivity contribution in [2.24, 2.45) is 5.92 Å². The van der Waals surface area contributed by atoms with Crippen molar-refractivity contribution in [2.75, 3.05) is 0 Å². The Morgan fingerprint density at radius 1 is 1.42 bits per heavy atom. The zero-order valence-electron chi connectivity index (χ0n) is 7.88. The number of carbonyl (C=O) groups excluding carboxylic acids is 1. The van der Waals surface area contributed by atoms with E-state index < -0.39 is 0 Å². The summed E-state index contributed by atoms with van der Waals surface area (Å²) in [6.07, 6.45) is 10.5. The molecule has 12 heavy (non-hydrogen) atoms. The minimum absolute atomic E-state index is 0.690. The molecule has 1 aliphatic rings. The van der Waals surface area contributed by atoms with E-state index in [-0.39, 0.29) is 0 Å². The van der Waals surface area contributed by atoms with Crippen molar-refractivity contribution in [2.45, 2.75) is 45.4 Å². The molecule has 0 aromatic rings. The molecule has 0 N–H and O–H groups in total. The molecule has 0 bridgehead atoms. The fourth-order valence-corrected chi connectivity index (χ4v) is 1.90. The summed E-state index contributed by atoms with van der Waals surface area (Å²) < 4.78 is 0. The minimum atomic E-state index is 0.690. The minimum Gasteiger partial charge on any atom is -0.303 e. The van der Waals surface area contributed by atoms with Gasteiger partial charge in [0.1, 0.15) is 6.29 Å². The van der Waals surface area contributed by atoms with Crippen LogP contribution in [0.5, 0.6) is 0 Å². The third-order valence-electron chi connectivity index (χ3n) is 2.58. The lowest BCUT2D eigenvalue weighted by Crippen LogP contribution is -1.89. The lowest BCUT2D eigenvalue weighted by molar-refractivity contribution is -0.107. The number of rotatable bonds is 4. The first-order valence-corrected chi connectivity index (χ1v) is 4.94. The van der Waals surface area contributed by atoms with Gasteiger partial charge >= 0.3 is 0 Å². The Hall–Kier alpha value is -0.590. The van der Waals surface area contributed by atoms with Crippen LogP contribution < -0.4 is 0 Å². The van der Waals surface area contributed by atoms with Gasteiger partial charge in [0.05, 0.1) is 0 Å². The Kier molecular flexibility index (Phi) is 4.06. The summed E-state index contributed by atoms with van der Waals surface area (Å²) in [5.74, 6) is 0.816. The molecule has 0 amide bonds. The molecule has 1 heteroatoms. The van der Waals surface area contributed by atoms with Gasteiger partial charge in [-0.1, -0.05) is 24.5 Å². The van der Waals surface area contributed by atoms with Gasteiger partial charge in [-0.05, 0) is 32.1 Å². The SMILES string of the molecule is C/C(=C\C1CCCC1)CCC=O. The molecule has 0 aromatic heterocycles. The summed E-state index contributed by atoms with van der Waals surface area (Å²) in [5.41, 5.74) is 1.40. The van der Waals surface area contributed by atoms with E-state index in [4.69, 9.17) is 0 Å². The van der Waals surface area contributed by atoms with Crippen molar-refractivity contribution in [3.8, 4) is 0 Å². The number of carbonyl (C=O) groups is 1. The third kappa shape index (κ3) is 3.21. The van der Waals surface area contributed by atoms with Gasteiger partial charge in [0.25, 0.3) is 0 Å². The maximum absolute atomic E-state index is 10.1. The highest BCUT2D eigenvalue weighted by Gasteiger charge is 2.11. The van der Waals surface area contributed by atoms with E-state index in [1.807, 2.05) is 0 Å². The van der Waals surface area contributed by atoms with E-state index in [0.29, 0.717) is 6.42 Å². The fourth-order valence-electron chi connectivity index (χ4n) is 1.90. The topological polar surface area (TPSA) is 17.1 Å². The lowest BCUT2D eigenvalue weighted by Gasteiger charge is -2.03. The predicted molar refractivity (Wildman–Crippen MR) is 51.0 cm³/mol. The van der Waals surface area contributed by atoms with E-state index in [1.54, 1.807) is 0 Å². The molecule has 0 heterocycles. The highest BCUT2D eigenvalue weighted by atomic mass is 16.1. The maximum atomic E-state index is 10.1. The molecule has 0 aliphatic heterocycles. The number of hydrogen-bond acceptors (Lipinski definition) is 1. The molecule has 1 saturated carbocycles. The molecule has 1 fully saturated rings. The maximum Gasteiger partial charge on any atom is 0.120 e. The lowest BCUT2D eigenvalue weighted by atomic mass is 10.0. The number of aldehydes is 1. The summed E-state index contributed by atoms with van der Waals surface area (Å²) in [7, 11) is 0. The summed E-state index contributed by atoms with van der Waals surface area (Å²) in [4.78, 5) is 10.1. The number of hydrogen-bond donors (Lipinski definition) is 0. The second-order valence-corrected chi connectivity index (χ2v) is 3.76. The van der Waals surface area contributed by atoms with Crippen LogP contribution in [0.1, 0.15) is 45.4 Å². The predicted octanol–water partition coefficient (Wildman–Crippen LogP) is 3.10. The van der Waals surface area contributed by atoms with Gasteiger partial charge in [-0.2, -0.15) is 0 Å². The molecule has 0 saturated heterocycles. The van der Waals surface area contributed by atoms with Crippen LogP contribution in [-0.4, -0.2) is 6.29 Å². The van der Waals surface area contributed by atoms with Crippen LogP contribution >= 0.6 is 0 Å². The van der Waals surface area contributed by atoms with E-state index in [0.717, 1.165) is 18.6 Å². The van der Waals surface area contributed by atoms with Gasteiger partial charge in [0.15, 0.2) is 0 Å². The van der Waals surface area contributed by atoms with Crippen LogP contribution in [0.2, 0.25) is 0 Å². The van der Waals surface area contributed by atoms with Crippen LogP contribution in [0.3, 0.4) is 0 Å². The second-order valence-electron chi connectivity index (χ2n) is 3.76. The van der Waals surface area contributed by atoms with E-state index in [2.05, 4.69) is 13.0 Å². The van der Waals surface area contributed by atoms with E-state index >= 15 is 0 Å². The zero-order chi connectivity index (χ0) is 8.81. The fraction of sp³-hybridized carbons (Fsp3) is 0.727. The Bertz CT molecular complexity index is 164. The normalized spacial score (nSPS) is 19.9. The largest absolute Gasteiger partial charge is 0.303 e. The van der Waals surface area contributed by atoms with Crippen molar-refractivity contribution in [3.63, 3.8) is 0 Å². The Morgan fingerprint density at radius 2 is 2.08 bits per heavy atom. The summed E-state index contributed by atoms with van der Waals surface area (Å²) in [5, 5.41) is 0. The second kappa shape index (κ2) is 5.13. The van der Waals surface area contributed by atoms with Crippen LogP contribution in [0, 0.1) is 5.92 Å². The molecule has 0 aromatic carbocycles. The van der Waals surface area contributed by atoms with Crippen molar-refractivity contribution in [3.05, 3.63) is 11.6 Å². The highest BCUT2D eigenvalue weighted by molar-refractivity contribution is 5.49. The van der Waals surface area contributed by atoms with E-state index in [9.17, 15) is 4.79 Å². The van der Waals surface area contributed by atoms with Gasteiger partial charge in [0, 0.05) is 6.42 Å². The van der Waals surface area contributed by atoms with Crippen molar-refractivity contribution in [1.82, 2.24) is 0 Å². The Balaban J connectivity index is 2.27. The molecule has 1 nitrogen and oxygen atoms in total. The van der Waals surface area contributed by atoms with Gasteiger partial charge in [-0.15, -0.1) is 0 Å². The molecule has 1 rings (SSSR count). The third-order valence-corrected chi connectivity index (χ3v) is 2.58. The Morgan fingerprint density at radius 3 is 2.67 bits per heavy atom. The monoisotopic (exact) mass is 166 g/mol. The standard InChI is InChI=1S/C11H18O/c1-10(5-4-8-12)9-11-6-2-3-7-11/h8-9,11H,2-7H2,1H3/b10-9+. The van der Waals surface area contributed by atoms with Crippen LogP contribution in [0.4, 0.5) is 0 Å². The quantitative estimate of drug-likeness (QED) is 0.463. The molecular weight excluding hydrogens is 148 g/mol. The molecule has 1 aliphatic carbocycles.